The van der Waals surface area contributed by atoms with E-state index in [9.17, 15) is 9.59 Å². The topological polar surface area (TPSA) is 40.6 Å². The van der Waals surface area contributed by atoms with Gasteiger partial charge >= 0.3 is 0 Å². The first-order chi connectivity index (χ1) is 8.76. The molecular formula is C14H24N2O2S. The summed E-state index contributed by atoms with van der Waals surface area (Å²) >= 11 is 1.85. The van der Waals surface area contributed by atoms with E-state index in [1.807, 2.05) is 42.3 Å². The van der Waals surface area contributed by atoms with Crippen molar-refractivity contribution in [2.24, 2.45) is 5.41 Å². The number of thioether (sulfide) groups is 1. The second-order valence-electron chi connectivity index (χ2n) is 6.55. The molecule has 0 aromatic carbocycles. The zero-order valence-electron chi connectivity index (χ0n) is 12.4. The molecule has 0 radical (unpaired) electrons. The van der Waals surface area contributed by atoms with Crippen LogP contribution in [-0.4, -0.2) is 51.9 Å². The fraction of sp³-hybridized carbons (Fsp3) is 0.857. The van der Waals surface area contributed by atoms with Crippen molar-refractivity contribution in [2.75, 3.05) is 25.4 Å². The van der Waals surface area contributed by atoms with Crippen molar-refractivity contribution in [3.05, 3.63) is 0 Å². The van der Waals surface area contributed by atoms with E-state index >= 15 is 0 Å². The highest BCUT2D eigenvalue weighted by molar-refractivity contribution is 8.00. The molecule has 108 valence electrons. The van der Waals surface area contributed by atoms with Crippen molar-refractivity contribution in [2.45, 2.75) is 45.4 Å². The average Bonchev–Trinajstić information content (AvgIpc) is 2.70. The predicted octanol–water partition coefficient (Wildman–Crippen LogP) is 1.95. The van der Waals surface area contributed by atoms with Crippen LogP contribution in [0.3, 0.4) is 0 Å². The van der Waals surface area contributed by atoms with Crippen LogP contribution in [0.25, 0.3) is 0 Å². The number of carbonyl (C=O) groups excluding carboxylic acids is 2. The number of rotatable bonds is 0. The minimum atomic E-state index is -0.344. The molecule has 2 aliphatic rings. The molecule has 2 fully saturated rings. The smallest absolute Gasteiger partial charge is 0.228 e. The molecule has 1 unspecified atom stereocenters. The fourth-order valence-electron chi connectivity index (χ4n) is 3.04. The number of hydrogen-bond acceptors (Lipinski definition) is 3. The lowest BCUT2D eigenvalue weighted by atomic mass is 9.92. The lowest BCUT2D eigenvalue weighted by Gasteiger charge is -2.46. The Kier molecular flexibility index (Phi) is 3.87. The summed E-state index contributed by atoms with van der Waals surface area (Å²) in [4.78, 5) is 28.0. The average molecular weight is 284 g/mol. The van der Waals surface area contributed by atoms with Crippen LogP contribution in [0.1, 0.15) is 40.5 Å². The van der Waals surface area contributed by atoms with Crippen LogP contribution in [0.15, 0.2) is 0 Å². The number of nitrogens with zero attached hydrogens (tertiary/aromatic N) is 2. The molecule has 0 saturated carbocycles. The van der Waals surface area contributed by atoms with E-state index in [-0.39, 0.29) is 22.1 Å². The molecule has 5 heteroatoms. The van der Waals surface area contributed by atoms with Gasteiger partial charge in [0.15, 0.2) is 0 Å². The quantitative estimate of drug-likeness (QED) is 0.682. The van der Waals surface area contributed by atoms with Crippen molar-refractivity contribution >= 4 is 23.6 Å². The Hall–Kier alpha value is -0.710. The summed E-state index contributed by atoms with van der Waals surface area (Å²) in [6.45, 7) is 9.84. The van der Waals surface area contributed by atoms with Gasteiger partial charge in [-0.3, -0.25) is 9.59 Å². The molecule has 0 N–H and O–H groups in total. The zero-order chi connectivity index (χ0) is 14.3. The molecule has 4 nitrogen and oxygen atoms in total. The van der Waals surface area contributed by atoms with Crippen molar-refractivity contribution in [1.82, 2.24) is 9.80 Å². The second-order valence-corrected chi connectivity index (χ2v) is 8.00. The molecule has 0 bridgehead atoms. The van der Waals surface area contributed by atoms with Gasteiger partial charge in [0, 0.05) is 31.2 Å². The lowest BCUT2D eigenvalue weighted by molar-refractivity contribution is -0.144. The highest BCUT2D eigenvalue weighted by Crippen LogP contribution is 2.43. The van der Waals surface area contributed by atoms with E-state index in [0.29, 0.717) is 6.54 Å². The van der Waals surface area contributed by atoms with E-state index in [0.717, 1.165) is 31.7 Å². The van der Waals surface area contributed by atoms with Crippen LogP contribution < -0.4 is 0 Å². The molecule has 2 amide bonds. The van der Waals surface area contributed by atoms with Gasteiger partial charge in [0.05, 0.1) is 6.54 Å². The standard InChI is InChI=1S/C14H24N2O2S/c1-11(17)16-8-9-19-14(16)6-5-7-15(10-14)12(18)13(2,3)4/h5-10H2,1-4H3. The van der Waals surface area contributed by atoms with Crippen molar-refractivity contribution in [1.29, 1.82) is 0 Å². The van der Waals surface area contributed by atoms with Gasteiger partial charge in [0.25, 0.3) is 0 Å². The Labute approximate surface area is 119 Å². The first-order valence-corrected chi connectivity index (χ1v) is 7.96. The number of carbonyl (C=O) groups is 2. The molecule has 1 spiro atoms. The summed E-state index contributed by atoms with van der Waals surface area (Å²) in [5.74, 6) is 1.31. The maximum Gasteiger partial charge on any atom is 0.228 e. The summed E-state index contributed by atoms with van der Waals surface area (Å²) in [5.41, 5.74) is -0.344. The van der Waals surface area contributed by atoms with Crippen LogP contribution in [0.2, 0.25) is 0 Å². The molecule has 2 aliphatic heterocycles. The normalized spacial score (nSPS) is 28.0. The third-order valence-corrected chi connectivity index (χ3v) is 5.40. The van der Waals surface area contributed by atoms with Crippen LogP contribution in [0.5, 0.6) is 0 Å². The van der Waals surface area contributed by atoms with Gasteiger partial charge in [-0.05, 0) is 12.8 Å². The molecule has 2 saturated heterocycles. The van der Waals surface area contributed by atoms with Crippen LogP contribution in [0.4, 0.5) is 0 Å². The minimum Gasteiger partial charge on any atom is -0.339 e. The minimum absolute atomic E-state index is 0.134. The number of amides is 2. The van der Waals surface area contributed by atoms with Gasteiger partial charge in [0.1, 0.15) is 4.87 Å². The first kappa shape index (κ1) is 14.7. The molecule has 1 atom stereocenters. The molecule has 2 rings (SSSR count). The molecule has 0 aliphatic carbocycles. The van der Waals surface area contributed by atoms with E-state index in [1.54, 1.807) is 6.92 Å². The number of hydrogen-bond donors (Lipinski definition) is 0. The van der Waals surface area contributed by atoms with Gasteiger partial charge in [-0.15, -0.1) is 11.8 Å². The molecular weight excluding hydrogens is 260 g/mol. The van der Waals surface area contributed by atoms with Gasteiger partial charge in [-0.2, -0.15) is 0 Å². The van der Waals surface area contributed by atoms with Crippen LogP contribution in [-0.2, 0) is 9.59 Å². The largest absolute Gasteiger partial charge is 0.339 e. The van der Waals surface area contributed by atoms with E-state index < -0.39 is 0 Å². The fourth-order valence-corrected chi connectivity index (χ4v) is 4.61. The summed E-state index contributed by atoms with van der Waals surface area (Å²) in [5, 5.41) is 0. The van der Waals surface area contributed by atoms with Gasteiger partial charge in [-0.1, -0.05) is 20.8 Å². The Morgan fingerprint density at radius 2 is 1.89 bits per heavy atom. The monoisotopic (exact) mass is 284 g/mol. The summed E-state index contributed by atoms with van der Waals surface area (Å²) < 4.78 is 0. The van der Waals surface area contributed by atoms with Crippen molar-refractivity contribution in [3.63, 3.8) is 0 Å². The lowest BCUT2D eigenvalue weighted by Crippen LogP contribution is -2.58. The predicted molar refractivity (Wildman–Crippen MR) is 77.8 cm³/mol. The summed E-state index contributed by atoms with van der Waals surface area (Å²) in [6.07, 6.45) is 1.99. The van der Waals surface area contributed by atoms with Crippen molar-refractivity contribution in [3.8, 4) is 0 Å². The van der Waals surface area contributed by atoms with E-state index in [1.165, 1.54) is 0 Å². The highest BCUT2D eigenvalue weighted by Gasteiger charge is 2.47. The molecule has 0 aromatic rings. The summed E-state index contributed by atoms with van der Waals surface area (Å²) in [7, 11) is 0. The molecule has 19 heavy (non-hydrogen) atoms. The Morgan fingerprint density at radius 3 is 2.47 bits per heavy atom. The van der Waals surface area contributed by atoms with Gasteiger partial charge < -0.3 is 9.80 Å². The van der Waals surface area contributed by atoms with Gasteiger partial charge in [0.2, 0.25) is 11.8 Å². The maximum atomic E-state index is 12.4. The highest BCUT2D eigenvalue weighted by atomic mass is 32.2. The first-order valence-electron chi connectivity index (χ1n) is 6.98. The SMILES string of the molecule is CC(=O)N1CCSC12CCCN(C(=O)C(C)(C)C)C2. The zero-order valence-corrected chi connectivity index (χ0v) is 13.2. The molecule has 2 heterocycles. The molecule has 0 aromatic heterocycles. The van der Waals surface area contributed by atoms with Crippen molar-refractivity contribution < 1.29 is 9.59 Å². The number of piperidine rings is 1. The Bertz CT molecular complexity index is 391. The summed E-state index contributed by atoms with van der Waals surface area (Å²) in [6, 6.07) is 0. The second kappa shape index (κ2) is 5.00. The van der Waals surface area contributed by atoms with E-state index in [4.69, 9.17) is 0 Å². The third-order valence-electron chi connectivity index (χ3n) is 3.92. The van der Waals surface area contributed by atoms with E-state index in [2.05, 4.69) is 0 Å². The Balaban J connectivity index is 2.17. The van der Waals surface area contributed by atoms with Crippen LogP contribution >= 0.6 is 11.8 Å². The third kappa shape index (κ3) is 2.76. The maximum absolute atomic E-state index is 12.4. The Morgan fingerprint density at radius 1 is 1.21 bits per heavy atom. The number of likely N-dealkylation sites (tertiary alicyclic amines) is 1. The van der Waals surface area contributed by atoms with Crippen LogP contribution in [0, 0.1) is 5.41 Å². The van der Waals surface area contributed by atoms with Gasteiger partial charge in [-0.25, -0.2) is 0 Å².